The number of nitrogens with one attached hydrogen (secondary N) is 1. The molecule has 0 fully saturated rings. The number of carbonyl (C=O) groups is 1. The van der Waals surface area contributed by atoms with Gasteiger partial charge in [-0.2, -0.15) is 0 Å². The molecule has 1 amide bonds. The molecule has 1 N–H and O–H groups in total. The van der Waals surface area contributed by atoms with Crippen molar-refractivity contribution in [1.82, 2.24) is 15.2 Å². The highest BCUT2D eigenvalue weighted by Gasteiger charge is 2.10. The quantitative estimate of drug-likeness (QED) is 0.902. The van der Waals surface area contributed by atoms with Crippen molar-refractivity contribution >= 4 is 22.4 Å². The van der Waals surface area contributed by atoms with E-state index in [4.69, 9.17) is 0 Å². The number of carbonyl (C=O) groups excluding carboxylic acids is 1. The van der Waals surface area contributed by atoms with E-state index in [2.05, 4.69) is 20.5 Å². The van der Waals surface area contributed by atoms with E-state index in [0.717, 1.165) is 17.1 Å². The van der Waals surface area contributed by atoms with Gasteiger partial charge in [-0.25, -0.2) is 4.98 Å². The van der Waals surface area contributed by atoms with Crippen molar-refractivity contribution in [3.05, 3.63) is 34.6 Å². The fourth-order valence-corrected chi connectivity index (χ4v) is 1.95. The summed E-state index contributed by atoms with van der Waals surface area (Å²) >= 11 is 1.38. The Labute approximate surface area is 103 Å². The zero-order chi connectivity index (χ0) is 12.3. The summed E-state index contributed by atoms with van der Waals surface area (Å²) in [5.74, 6) is -0.257. The van der Waals surface area contributed by atoms with Gasteiger partial charge in [0, 0.05) is 5.69 Å². The summed E-state index contributed by atoms with van der Waals surface area (Å²) < 4.78 is 0. The van der Waals surface area contributed by atoms with Crippen molar-refractivity contribution in [3.8, 4) is 0 Å². The van der Waals surface area contributed by atoms with Crippen LogP contribution in [0.4, 0.5) is 5.13 Å². The first-order valence-corrected chi connectivity index (χ1v) is 6.08. The topological polar surface area (TPSA) is 67.8 Å². The highest BCUT2D eigenvalue weighted by molar-refractivity contribution is 7.15. The van der Waals surface area contributed by atoms with E-state index in [1.54, 1.807) is 12.1 Å². The molecule has 17 heavy (non-hydrogen) atoms. The van der Waals surface area contributed by atoms with E-state index in [1.165, 1.54) is 11.3 Å². The van der Waals surface area contributed by atoms with Gasteiger partial charge in [-0.05, 0) is 25.5 Å². The molecule has 0 radical (unpaired) electrons. The summed E-state index contributed by atoms with van der Waals surface area (Å²) in [5, 5.41) is 11.9. The van der Waals surface area contributed by atoms with E-state index < -0.39 is 0 Å². The molecule has 2 aromatic heterocycles. The zero-order valence-corrected chi connectivity index (χ0v) is 10.4. The fraction of sp³-hybridized carbons (Fsp3) is 0.273. The third-order valence-corrected chi connectivity index (χ3v) is 3.09. The lowest BCUT2D eigenvalue weighted by Gasteiger charge is -2.00. The van der Waals surface area contributed by atoms with Gasteiger partial charge in [0.1, 0.15) is 10.7 Å². The van der Waals surface area contributed by atoms with Crippen molar-refractivity contribution in [2.45, 2.75) is 20.3 Å². The van der Waals surface area contributed by atoms with E-state index >= 15 is 0 Å². The third kappa shape index (κ3) is 2.85. The fourth-order valence-electron chi connectivity index (χ4n) is 1.28. The first-order valence-electron chi connectivity index (χ1n) is 5.26. The lowest BCUT2D eigenvalue weighted by atomic mass is 10.3. The van der Waals surface area contributed by atoms with Crippen molar-refractivity contribution < 1.29 is 4.79 Å². The summed E-state index contributed by atoms with van der Waals surface area (Å²) in [5.41, 5.74) is 1.20. The number of rotatable bonds is 3. The number of hydrogen-bond acceptors (Lipinski definition) is 5. The first-order chi connectivity index (χ1) is 8.19. The average molecular weight is 248 g/mol. The maximum atomic E-state index is 11.8. The van der Waals surface area contributed by atoms with Crippen molar-refractivity contribution in [2.24, 2.45) is 0 Å². The minimum Gasteiger partial charge on any atom is -0.295 e. The zero-order valence-electron chi connectivity index (χ0n) is 9.60. The molecule has 0 bridgehead atoms. The number of aromatic nitrogens is 3. The van der Waals surface area contributed by atoms with Crippen molar-refractivity contribution in [1.29, 1.82) is 0 Å². The van der Waals surface area contributed by atoms with Crippen LogP contribution in [0.2, 0.25) is 0 Å². The molecule has 88 valence electrons. The summed E-state index contributed by atoms with van der Waals surface area (Å²) in [6.45, 7) is 3.84. The van der Waals surface area contributed by atoms with Gasteiger partial charge in [-0.15, -0.1) is 10.2 Å². The van der Waals surface area contributed by atoms with Crippen LogP contribution in [0.15, 0.2) is 18.2 Å². The lowest BCUT2D eigenvalue weighted by Crippen LogP contribution is -2.13. The van der Waals surface area contributed by atoms with E-state index in [1.807, 2.05) is 19.9 Å². The number of nitrogens with zero attached hydrogens (tertiary/aromatic N) is 3. The maximum Gasteiger partial charge on any atom is 0.276 e. The van der Waals surface area contributed by atoms with Crippen LogP contribution < -0.4 is 5.32 Å². The second-order valence-electron chi connectivity index (χ2n) is 3.47. The van der Waals surface area contributed by atoms with Gasteiger partial charge in [0.25, 0.3) is 5.91 Å². The molecule has 0 aliphatic rings. The van der Waals surface area contributed by atoms with Crippen LogP contribution in [0.3, 0.4) is 0 Å². The second-order valence-corrected chi connectivity index (χ2v) is 4.53. The Kier molecular flexibility index (Phi) is 3.43. The number of anilines is 1. The van der Waals surface area contributed by atoms with Crippen LogP contribution >= 0.6 is 11.3 Å². The largest absolute Gasteiger partial charge is 0.295 e. The number of aryl methyl sites for hydroxylation is 2. The molecule has 0 saturated carbocycles. The number of hydrogen-bond donors (Lipinski definition) is 1. The van der Waals surface area contributed by atoms with E-state index in [-0.39, 0.29) is 5.91 Å². The average Bonchev–Trinajstić information content (AvgIpc) is 2.77. The molecule has 0 unspecified atom stereocenters. The molecule has 0 spiro atoms. The Morgan fingerprint density at radius 3 is 2.88 bits per heavy atom. The van der Waals surface area contributed by atoms with Gasteiger partial charge in [0.05, 0.1) is 0 Å². The van der Waals surface area contributed by atoms with Gasteiger partial charge in [0.2, 0.25) is 5.13 Å². The van der Waals surface area contributed by atoms with Crippen LogP contribution in [0.5, 0.6) is 0 Å². The van der Waals surface area contributed by atoms with Crippen LogP contribution in [0.25, 0.3) is 0 Å². The minimum atomic E-state index is -0.257. The van der Waals surface area contributed by atoms with Gasteiger partial charge in [0.15, 0.2) is 0 Å². The maximum absolute atomic E-state index is 11.8. The standard InChI is InChI=1S/C11H12N4OS/c1-3-9-14-15-11(17-9)13-10(16)8-6-4-5-7(2)12-8/h4-6H,3H2,1-2H3,(H,13,15,16). The molecule has 0 aromatic carbocycles. The SMILES string of the molecule is CCc1nnc(NC(=O)c2cccc(C)n2)s1. The van der Waals surface area contributed by atoms with Crippen molar-refractivity contribution in [3.63, 3.8) is 0 Å². The van der Waals surface area contributed by atoms with E-state index in [0.29, 0.717) is 10.8 Å². The monoisotopic (exact) mass is 248 g/mol. The Hall–Kier alpha value is -1.82. The second kappa shape index (κ2) is 5.01. The van der Waals surface area contributed by atoms with Gasteiger partial charge in [-0.3, -0.25) is 10.1 Å². The smallest absolute Gasteiger partial charge is 0.276 e. The highest BCUT2D eigenvalue weighted by Crippen LogP contribution is 2.16. The Morgan fingerprint density at radius 2 is 2.24 bits per heavy atom. The molecule has 2 aromatic rings. The summed E-state index contributed by atoms with van der Waals surface area (Å²) in [7, 11) is 0. The molecule has 6 heteroatoms. The van der Waals surface area contributed by atoms with Crippen LogP contribution in [-0.2, 0) is 6.42 Å². The molecular weight excluding hydrogens is 236 g/mol. The van der Waals surface area contributed by atoms with Crippen LogP contribution in [0.1, 0.15) is 28.1 Å². The Morgan fingerprint density at radius 1 is 1.41 bits per heavy atom. The Balaban J connectivity index is 2.11. The molecule has 2 heterocycles. The van der Waals surface area contributed by atoms with Crippen molar-refractivity contribution in [2.75, 3.05) is 5.32 Å². The predicted octanol–water partition coefficient (Wildman–Crippen LogP) is 2.06. The lowest BCUT2D eigenvalue weighted by molar-refractivity contribution is 0.102. The molecule has 2 rings (SSSR count). The highest BCUT2D eigenvalue weighted by atomic mass is 32.1. The summed E-state index contributed by atoms with van der Waals surface area (Å²) in [6.07, 6.45) is 0.816. The van der Waals surface area contributed by atoms with E-state index in [9.17, 15) is 4.79 Å². The molecule has 5 nitrogen and oxygen atoms in total. The van der Waals surface area contributed by atoms with Gasteiger partial charge in [-0.1, -0.05) is 24.3 Å². The number of pyridine rings is 1. The Bertz CT molecular complexity index is 538. The normalized spacial score (nSPS) is 10.2. The predicted molar refractivity (Wildman–Crippen MR) is 66.2 cm³/mol. The van der Waals surface area contributed by atoms with Gasteiger partial charge < -0.3 is 0 Å². The molecule has 0 saturated heterocycles. The first kappa shape index (κ1) is 11.7. The molecular formula is C11H12N4OS. The van der Waals surface area contributed by atoms with Crippen LogP contribution in [0, 0.1) is 6.92 Å². The summed E-state index contributed by atoms with van der Waals surface area (Å²) in [4.78, 5) is 16.0. The third-order valence-electron chi connectivity index (χ3n) is 2.11. The summed E-state index contributed by atoms with van der Waals surface area (Å²) in [6, 6.07) is 5.32. The molecule has 0 aliphatic carbocycles. The minimum absolute atomic E-state index is 0.257. The molecule has 0 aliphatic heterocycles. The number of amides is 1. The van der Waals surface area contributed by atoms with Gasteiger partial charge >= 0.3 is 0 Å². The van der Waals surface area contributed by atoms with Crippen LogP contribution in [-0.4, -0.2) is 21.1 Å². The molecule has 0 atom stereocenters.